The maximum absolute atomic E-state index is 11.4. The monoisotopic (exact) mass is 176 g/mol. The van der Waals surface area contributed by atoms with Crippen LogP contribution in [0.25, 0.3) is 0 Å². The summed E-state index contributed by atoms with van der Waals surface area (Å²) in [5, 5.41) is 2.80. The van der Waals surface area contributed by atoms with Gasteiger partial charge in [-0.1, -0.05) is 25.1 Å². The Morgan fingerprint density at radius 3 is 2.62 bits per heavy atom. The Morgan fingerprint density at radius 1 is 1.46 bits per heavy atom. The number of amides is 1. The highest BCUT2D eigenvalue weighted by atomic mass is 16.1. The molecule has 0 aliphatic heterocycles. The molecule has 13 heavy (non-hydrogen) atoms. The molecule has 0 aromatic heterocycles. The van der Waals surface area contributed by atoms with Gasteiger partial charge < -0.3 is 5.32 Å². The maximum atomic E-state index is 11.4. The number of nitrogens with one attached hydrogen (secondary N) is 1. The molecule has 1 unspecified atom stereocenters. The summed E-state index contributed by atoms with van der Waals surface area (Å²) in [5.41, 5.74) is 0.697. The molecule has 1 radical (unpaired) electrons. The number of carbonyl (C=O) groups is 1. The van der Waals surface area contributed by atoms with E-state index in [-0.39, 0.29) is 11.8 Å². The van der Waals surface area contributed by atoms with Crippen LogP contribution in [0.2, 0.25) is 0 Å². The Bertz CT molecular complexity index is 267. The van der Waals surface area contributed by atoms with Crippen molar-refractivity contribution in [3.05, 3.63) is 42.8 Å². The Kier molecular flexibility index (Phi) is 3.50. The van der Waals surface area contributed by atoms with E-state index >= 15 is 0 Å². The van der Waals surface area contributed by atoms with Crippen LogP contribution in [-0.2, 0) is 0 Å². The van der Waals surface area contributed by atoms with Gasteiger partial charge in [0.15, 0.2) is 0 Å². The minimum Gasteiger partial charge on any atom is -0.352 e. The van der Waals surface area contributed by atoms with Crippen LogP contribution in [0.15, 0.2) is 30.3 Å². The standard InChI is InChI=1S/C11H14NO/c1-9(2)8-12-11(13)10-6-4-3-5-7-10/h3-7,9H,1,8H2,2H3,(H,12,13). The van der Waals surface area contributed by atoms with Gasteiger partial charge in [0.05, 0.1) is 0 Å². The molecule has 0 saturated carbocycles. The minimum atomic E-state index is -0.0314. The fourth-order valence-electron chi connectivity index (χ4n) is 0.959. The quantitative estimate of drug-likeness (QED) is 0.748. The van der Waals surface area contributed by atoms with Gasteiger partial charge in [-0.2, -0.15) is 0 Å². The highest BCUT2D eigenvalue weighted by molar-refractivity contribution is 5.94. The minimum absolute atomic E-state index is 0.0314. The lowest BCUT2D eigenvalue weighted by Gasteiger charge is -2.06. The second kappa shape index (κ2) is 4.65. The van der Waals surface area contributed by atoms with Crippen molar-refractivity contribution >= 4 is 5.91 Å². The molecule has 1 aromatic rings. The summed E-state index contributed by atoms with van der Waals surface area (Å²) in [6, 6.07) is 9.18. The second-order valence-electron chi connectivity index (χ2n) is 3.18. The van der Waals surface area contributed by atoms with E-state index in [0.717, 1.165) is 0 Å². The molecular weight excluding hydrogens is 162 g/mol. The van der Waals surface area contributed by atoms with Crippen molar-refractivity contribution < 1.29 is 4.79 Å². The summed E-state index contributed by atoms with van der Waals surface area (Å²) in [4.78, 5) is 11.4. The van der Waals surface area contributed by atoms with Crippen molar-refractivity contribution in [3.8, 4) is 0 Å². The average molecular weight is 176 g/mol. The zero-order chi connectivity index (χ0) is 9.68. The van der Waals surface area contributed by atoms with E-state index in [4.69, 9.17) is 0 Å². The van der Waals surface area contributed by atoms with Gasteiger partial charge in [-0.05, 0) is 25.0 Å². The summed E-state index contributed by atoms with van der Waals surface area (Å²) in [7, 11) is 0. The molecule has 1 amide bonds. The van der Waals surface area contributed by atoms with Gasteiger partial charge in [0.2, 0.25) is 0 Å². The number of rotatable bonds is 3. The summed E-state index contributed by atoms with van der Waals surface area (Å²) >= 11 is 0. The van der Waals surface area contributed by atoms with Crippen LogP contribution in [0.3, 0.4) is 0 Å². The first kappa shape index (κ1) is 9.78. The molecular formula is C11H14NO. The van der Waals surface area contributed by atoms with Gasteiger partial charge in [-0.25, -0.2) is 0 Å². The molecule has 0 aliphatic rings. The third-order valence-corrected chi connectivity index (χ3v) is 1.65. The fourth-order valence-corrected chi connectivity index (χ4v) is 0.959. The maximum Gasteiger partial charge on any atom is 0.251 e. The van der Waals surface area contributed by atoms with Gasteiger partial charge in [0, 0.05) is 12.1 Å². The van der Waals surface area contributed by atoms with E-state index in [2.05, 4.69) is 12.2 Å². The average Bonchev–Trinajstić information content (AvgIpc) is 2.15. The van der Waals surface area contributed by atoms with Crippen molar-refractivity contribution in [2.24, 2.45) is 5.92 Å². The van der Waals surface area contributed by atoms with Crippen LogP contribution < -0.4 is 5.32 Å². The van der Waals surface area contributed by atoms with Crippen molar-refractivity contribution in [2.75, 3.05) is 6.54 Å². The number of hydrogen-bond donors (Lipinski definition) is 1. The summed E-state index contributed by atoms with van der Waals surface area (Å²) in [5.74, 6) is 0.212. The summed E-state index contributed by atoms with van der Waals surface area (Å²) in [6.45, 7) is 6.37. The smallest absolute Gasteiger partial charge is 0.251 e. The highest BCUT2D eigenvalue weighted by Gasteiger charge is 2.03. The second-order valence-corrected chi connectivity index (χ2v) is 3.18. The van der Waals surface area contributed by atoms with Gasteiger partial charge in [-0.3, -0.25) is 4.79 Å². The van der Waals surface area contributed by atoms with Crippen molar-refractivity contribution in [3.63, 3.8) is 0 Å². The Morgan fingerprint density at radius 2 is 2.08 bits per heavy atom. The molecule has 1 aromatic carbocycles. The van der Waals surface area contributed by atoms with Gasteiger partial charge >= 0.3 is 0 Å². The lowest BCUT2D eigenvalue weighted by atomic mass is 10.2. The van der Waals surface area contributed by atoms with Crippen LogP contribution in [0.1, 0.15) is 17.3 Å². The van der Waals surface area contributed by atoms with E-state index in [0.29, 0.717) is 12.1 Å². The van der Waals surface area contributed by atoms with Crippen LogP contribution in [0, 0.1) is 12.8 Å². The first-order valence-electron chi connectivity index (χ1n) is 4.36. The molecule has 0 bridgehead atoms. The molecule has 1 atom stereocenters. The van der Waals surface area contributed by atoms with E-state index in [1.165, 1.54) is 0 Å². The normalized spacial score (nSPS) is 10.1. The lowest BCUT2D eigenvalue weighted by Crippen LogP contribution is -2.27. The molecule has 1 N–H and O–H groups in total. The summed E-state index contributed by atoms with van der Waals surface area (Å²) < 4.78 is 0. The number of benzene rings is 1. The van der Waals surface area contributed by atoms with E-state index < -0.39 is 0 Å². The first-order valence-corrected chi connectivity index (χ1v) is 4.36. The third kappa shape index (κ3) is 3.28. The van der Waals surface area contributed by atoms with Crippen molar-refractivity contribution in [2.45, 2.75) is 6.92 Å². The predicted octanol–water partition coefficient (Wildman–Crippen LogP) is 1.89. The molecule has 0 aliphatic carbocycles. The van der Waals surface area contributed by atoms with Gasteiger partial charge in [0.25, 0.3) is 5.91 Å². The zero-order valence-electron chi connectivity index (χ0n) is 7.79. The lowest BCUT2D eigenvalue weighted by molar-refractivity contribution is 0.0950. The largest absolute Gasteiger partial charge is 0.352 e. The van der Waals surface area contributed by atoms with E-state index in [1.54, 1.807) is 12.1 Å². The Balaban J connectivity index is 2.50. The van der Waals surface area contributed by atoms with Crippen LogP contribution in [0.4, 0.5) is 0 Å². The number of hydrogen-bond acceptors (Lipinski definition) is 1. The highest BCUT2D eigenvalue weighted by Crippen LogP contribution is 1.98. The van der Waals surface area contributed by atoms with Crippen LogP contribution >= 0.6 is 0 Å². The molecule has 0 saturated heterocycles. The molecule has 0 heterocycles. The molecule has 0 spiro atoms. The molecule has 2 nitrogen and oxygen atoms in total. The topological polar surface area (TPSA) is 29.1 Å². The molecule has 0 fully saturated rings. The van der Waals surface area contributed by atoms with Crippen molar-refractivity contribution in [1.29, 1.82) is 0 Å². The fraction of sp³-hybridized carbons (Fsp3) is 0.273. The molecule has 2 heteroatoms. The van der Waals surface area contributed by atoms with Crippen LogP contribution in [0.5, 0.6) is 0 Å². The van der Waals surface area contributed by atoms with E-state index in [9.17, 15) is 4.79 Å². The molecule has 1 rings (SSSR count). The predicted molar refractivity (Wildman–Crippen MR) is 53.3 cm³/mol. The van der Waals surface area contributed by atoms with Gasteiger partial charge in [0.1, 0.15) is 0 Å². The van der Waals surface area contributed by atoms with E-state index in [1.807, 2.05) is 25.1 Å². The molecule has 69 valence electrons. The van der Waals surface area contributed by atoms with Gasteiger partial charge in [-0.15, -0.1) is 0 Å². The SMILES string of the molecule is [CH2]C(C)CNC(=O)c1ccccc1. The Hall–Kier alpha value is -1.31. The van der Waals surface area contributed by atoms with Crippen molar-refractivity contribution in [1.82, 2.24) is 5.32 Å². The summed E-state index contributed by atoms with van der Waals surface area (Å²) in [6.07, 6.45) is 0. The third-order valence-electron chi connectivity index (χ3n) is 1.65. The number of carbonyl (C=O) groups excluding carboxylic acids is 1. The zero-order valence-corrected chi connectivity index (χ0v) is 7.79. The Labute approximate surface area is 79.0 Å². The first-order chi connectivity index (χ1) is 6.20. The van der Waals surface area contributed by atoms with Crippen LogP contribution in [-0.4, -0.2) is 12.5 Å².